The highest BCUT2D eigenvalue weighted by molar-refractivity contribution is 9.10. The summed E-state index contributed by atoms with van der Waals surface area (Å²) in [6, 6.07) is 4.43. The van der Waals surface area contributed by atoms with Crippen LogP contribution < -0.4 is 5.32 Å². The molecule has 1 aromatic rings. The van der Waals surface area contributed by atoms with E-state index in [1.165, 1.54) is 12.8 Å². The van der Waals surface area contributed by atoms with Gasteiger partial charge in [0.1, 0.15) is 0 Å². The summed E-state index contributed by atoms with van der Waals surface area (Å²) in [6.07, 6.45) is 4.51. The molecule has 1 fully saturated rings. The standard InChI is InChI=1S/C10H13BrN2/c1-12-9(7-4-5-7)10-8(11)3-2-6-13-10/h2-3,6-7,9,12H,4-5H2,1H3. The van der Waals surface area contributed by atoms with E-state index in [0.29, 0.717) is 6.04 Å². The largest absolute Gasteiger partial charge is 0.311 e. The van der Waals surface area contributed by atoms with Crippen LogP contribution in [0.15, 0.2) is 22.8 Å². The van der Waals surface area contributed by atoms with E-state index in [1.807, 2.05) is 19.3 Å². The SMILES string of the molecule is CNC(c1ncccc1Br)C1CC1. The normalized spacial score (nSPS) is 18.6. The van der Waals surface area contributed by atoms with E-state index in [9.17, 15) is 0 Å². The van der Waals surface area contributed by atoms with Crippen molar-refractivity contribution in [2.24, 2.45) is 5.92 Å². The van der Waals surface area contributed by atoms with Crippen molar-refractivity contribution >= 4 is 15.9 Å². The summed E-state index contributed by atoms with van der Waals surface area (Å²) < 4.78 is 1.11. The minimum absolute atomic E-state index is 0.426. The van der Waals surface area contributed by atoms with Gasteiger partial charge in [-0.1, -0.05) is 0 Å². The third-order valence-electron chi connectivity index (χ3n) is 2.49. The molecular formula is C10H13BrN2. The minimum Gasteiger partial charge on any atom is -0.311 e. The van der Waals surface area contributed by atoms with Gasteiger partial charge in [0.05, 0.1) is 11.7 Å². The first-order chi connectivity index (χ1) is 6.33. The smallest absolute Gasteiger partial charge is 0.0717 e. The summed E-state index contributed by atoms with van der Waals surface area (Å²) in [5.41, 5.74) is 1.15. The second-order valence-electron chi connectivity index (χ2n) is 3.47. The summed E-state index contributed by atoms with van der Waals surface area (Å²) in [4.78, 5) is 4.40. The van der Waals surface area contributed by atoms with Crippen molar-refractivity contribution in [1.29, 1.82) is 0 Å². The zero-order chi connectivity index (χ0) is 9.26. The van der Waals surface area contributed by atoms with E-state index >= 15 is 0 Å². The van der Waals surface area contributed by atoms with Crippen LogP contribution in [0.1, 0.15) is 24.6 Å². The molecule has 1 atom stereocenters. The highest BCUT2D eigenvalue weighted by Crippen LogP contribution is 2.41. The van der Waals surface area contributed by atoms with Gasteiger partial charge in [0.25, 0.3) is 0 Å². The van der Waals surface area contributed by atoms with Gasteiger partial charge in [-0.3, -0.25) is 4.98 Å². The quantitative estimate of drug-likeness (QED) is 0.879. The number of hydrogen-bond donors (Lipinski definition) is 1. The van der Waals surface area contributed by atoms with Gasteiger partial charge in [-0.25, -0.2) is 0 Å². The molecule has 0 radical (unpaired) electrons. The average molecular weight is 241 g/mol. The van der Waals surface area contributed by atoms with Gasteiger partial charge in [-0.05, 0) is 53.9 Å². The maximum absolute atomic E-state index is 4.40. The van der Waals surface area contributed by atoms with E-state index < -0.39 is 0 Å². The molecule has 13 heavy (non-hydrogen) atoms. The maximum Gasteiger partial charge on any atom is 0.0717 e. The summed E-state index contributed by atoms with van der Waals surface area (Å²) in [5, 5.41) is 3.33. The Morgan fingerprint density at radius 2 is 2.38 bits per heavy atom. The third-order valence-corrected chi connectivity index (χ3v) is 3.16. The minimum atomic E-state index is 0.426. The second kappa shape index (κ2) is 3.76. The highest BCUT2D eigenvalue weighted by Gasteiger charge is 2.32. The van der Waals surface area contributed by atoms with Crippen LogP contribution in [0.5, 0.6) is 0 Å². The molecule has 1 aliphatic rings. The molecule has 1 N–H and O–H groups in total. The molecule has 2 rings (SSSR count). The number of rotatable bonds is 3. The van der Waals surface area contributed by atoms with Crippen molar-refractivity contribution in [3.63, 3.8) is 0 Å². The molecule has 0 amide bonds. The lowest BCUT2D eigenvalue weighted by molar-refractivity contribution is 0.513. The van der Waals surface area contributed by atoms with Gasteiger partial charge in [-0.15, -0.1) is 0 Å². The van der Waals surface area contributed by atoms with E-state index in [-0.39, 0.29) is 0 Å². The second-order valence-corrected chi connectivity index (χ2v) is 4.33. The number of hydrogen-bond acceptors (Lipinski definition) is 2. The highest BCUT2D eigenvalue weighted by atomic mass is 79.9. The lowest BCUT2D eigenvalue weighted by Gasteiger charge is -2.15. The predicted molar refractivity (Wildman–Crippen MR) is 56.5 cm³/mol. The van der Waals surface area contributed by atoms with Crippen LogP contribution in [-0.4, -0.2) is 12.0 Å². The molecule has 0 spiro atoms. The Bertz CT molecular complexity index is 297. The molecule has 1 aliphatic carbocycles. The van der Waals surface area contributed by atoms with Gasteiger partial charge in [0.2, 0.25) is 0 Å². The lowest BCUT2D eigenvalue weighted by atomic mass is 10.1. The van der Waals surface area contributed by atoms with Gasteiger partial charge in [-0.2, -0.15) is 0 Å². The molecule has 2 nitrogen and oxygen atoms in total. The Hall–Kier alpha value is -0.410. The van der Waals surface area contributed by atoms with Crippen LogP contribution in [0.3, 0.4) is 0 Å². The predicted octanol–water partition coefficient (Wildman–Crippen LogP) is 2.51. The summed E-state index contributed by atoms with van der Waals surface area (Å²) in [5.74, 6) is 0.788. The van der Waals surface area contributed by atoms with Crippen molar-refractivity contribution in [3.8, 4) is 0 Å². The van der Waals surface area contributed by atoms with Crippen LogP contribution in [0.25, 0.3) is 0 Å². The van der Waals surface area contributed by atoms with Gasteiger partial charge in [0.15, 0.2) is 0 Å². The molecule has 70 valence electrons. The number of aromatic nitrogens is 1. The Kier molecular flexibility index (Phi) is 2.65. The molecule has 3 heteroatoms. The number of nitrogens with one attached hydrogen (secondary N) is 1. The third kappa shape index (κ3) is 1.92. The first-order valence-electron chi connectivity index (χ1n) is 4.60. The van der Waals surface area contributed by atoms with Crippen LogP contribution in [0.4, 0.5) is 0 Å². The number of nitrogens with zero attached hydrogens (tertiary/aromatic N) is 1. The molecular weight excluding hydrogens is 228 g/mol. The molecule has 0 saturated heterocycles. The first-order valence-corrected chi connectivity index (χ1v) is 5.40. The topological polar surface area (TPSA) is 24.9 Å². The fourth-order valence-electron chi connectivity index (χ4n) is 1.65. The number of pyridine rings is 1. The monoisotopic (exact) mass is 240 g/mol. The van der Waals surface area contributed by atoms with E-state index in [4.69, 9.17) is 0 Å². The summed E-state index contributed by atoms with van der Waals surface area (Å²) in [6.45, 7) is 0. The van der Waals surface area contributed by atoms with Crippen molar-refractivity contribution in [2.75, 3.05) is 7.05 Å². The Labute approximate surface area is 86.9 Å². The molecule has 1 saturated carbocycles. The fraction of sp³-hybridized carbons (Fsp3) is 0.500. The Balaban J connectivity index is 2.26. The van der Waals surface area contributed by atoms with Crippen molar-refractivity contribution in [2.45, 2.75) is 18.9 Å². The molecule has 1 heterocycles. The van der Waals surface area contributed by atoms with Crippen LogP contribution >= 0.6 is 15.9 Å². The molecule has 0 aliphatic heterocycles. The van der Waals surface area contributed by atoms with E-state index in [2.05, 4.69) is 32.3 Å². The van der Waals surface area contributed by atoms with E-state index in [1.54, 1.807) is 0 Å². The van der Waals surface area contributed by atoms with Crippen molar-refractivity contribution in [3.05, 3.63) is 28.5 Å². The molecule has 1 aromatic heterocycles. The van der Waals surface area contributed by atoms with Gasteiger partial charge < -0.3 is 5.32 Å². The zero-order valence-electron chi connectivity index (χ0n) is 7.63. The summed E-state index contributed by atoms with van der Waals surface area (Å²) in [7, 11) is 2.00. The lowest BCUT2D eigenvalue weighted by Crippen LogP contribution is -2.19. The van der Waals surface area contributed by atoms with Crippen LogP contribution in [0.2, 0.25) is 0 Å². The maximum atomic E-state index is 4.40. The van der Waals surface area contributed by atoms with Crippen molar-refractivity contribution < 1.29 is 0 Å². The van der Waals surface area contributed by atoms with Gasteiger partial charge in [0, 0.05) is 10.7 Å². The molecule has 0 aromatic carbocycles. The van der Waals surface area contributed by atoms with Gasteiger partial charge >= 0.3 is 0 Å². The summed E-state index contributed by atoms with van der Waals surface area (Å²) >= 11 is 3.53. The zero-order valence-corrected chi connectivity index (χ0v) is 9.21. The fourth-order valence-corrected chi connectivity index (χ4v) is 2.15. The Morgan fingerprint density at radius 1 is 1.62 bits per heavy atom. The molecule has 1 unspecified atom stereocenters. The molecule has 0 bridgehead atoms. The van der Waals surface area contributed by atoms with Crippen LogP contribution in [0, 0.1) is 5.92 Å². The van der Waals surface area contributed by atoms with Crippen LogP contribution in [-0.2, 0) is 0 Å². The van der Waals surface area contributed by atoms with E-state index in [0.717, 1.165) is 16.1 Å². The average Bonchev–Trinajstić information content (AvgIpc) is 2.93. The first kappa shape index (κ1) is 9.16. The number of halogens is 1. The van der Waals surface area contributed by atoms with Crippen molar-refractivity contribution in [1.82, 2.24) is 10.3 Å². The Morgan fingerprint density at radius 3 is 2.92 bits per heavy atom.